The fourth-order valence-corrected chi connectivity index (χ4v) is 2.33. The molecule has 2 atom stereocenters. The standard InChI is InChI=1S/C13H23N3O2/c1-3-11(14-2)13-16-15-12(18-13)8-7-10-6-4-5-9-17-10/h10-11,14H,3-9H2,1-2H3. The summed E-state index contributed by atoms with van der Waals surface area (Å²) in [6.45, 7) is 3.00. The summed E-state index contributed by atoms with van der Waals surface area (Å²) in [6.07, 6.45) is 6.76. The third kappa shape index (κ3) is 3.53. The lowest BCUT2D eigenvalue weighted by Crippen LogP contribution is -2.19. The van der Waals surface area contributed by atoms with E-state index in [9.17, 15) is 0 Å². The van der Waals surface area contributed by atoms with Crippen LogP contribution < -0.4 is 5.32 Å². The maximum Gasteiger partial charge on any atom is 0.233 e. The predicted molar refractivity (Wildman–Crippen MR) is 68.3 cm³/mol. The molecule has 0 radical (unpaired) electrons. The molecule has 102 valence electrons. The third-order valence-corrected chi connectivity index (χ3v) is 3.49. The average molecular weight is 253 g/mol. The molecule has 1 fully saturated rings. The van der Waals surface area contributed by atoms with Crippen LogP contribution in [-0.4, -0.2) is 30.0 Å². The van der Waals surface area contributed by atoms with Crippen LogP contribution in [0.1, 0.15) is 56.9 Å². The van der Waals surface area contributed by atoms with Crippen LogP contribution in [0.15, 0.2) is 4.42 Å². The molecule has 5 nitrogen and oxygen atoms in total. The second-order valence-electron chi connectivity index (χ2n) is 4.81. The molecule has 1 aromatic heterocycles. The van der Waals surface area contributed by atoms with Gasteiger partial charge >= 0.3 is 0 Å². The molecule has 2 unspecified atom stereocenters. The number of hydrogen-bond acceptors (Lipinski definition) is 5. The van der Waals surface area contributed by atoms with Crippen molar-refractivity contribution in [3.05, 3.63) is 11.8 Å². The SMILES string of the molecule is CCC(NC)c1nnc(CCC2CCCCO2)o1. The van der Waals surface area contributed by atoms with Gasteiger partial charge in [-0.1, -0.05) is 6.92 Å². The van der Waals surface area contributed by atoms with Gasteiger partial charge in [-0.15, -0.1) is 10.2 Å². The Hall–Kier alpha value is -0.940. The monoisotopic (exact) mass is 253 g/mol. The molecule has 1 aromatic rings. The first kappa shape index (κ1) is 13.5. The predicted octanol–water partition coefficient (Wildman–Crippen LogP) is 2.24. The van der Waals surface area contributed by atoms with Crippen molar-refractivity contribution >= 4 is 0 Å². The van der Waals surface area contributed by atoms with Gasteiger partial charge < -0.3 is 14.5 Å². The van der Waals surface area contributed by atoms with Crippen LogP contribution in [0, 0.1) is 0 Å². The number of nitrogens with zero attached hydrogens (tertiary/aromatic N) is 2. The van der Waals surface area contributed by atoms with Gasteiger partial charge in [0.2, 0.25) is 11.8 Å². The molecule has 0 aliphatic carbocycles. The Morgan fingerprint density at radius 1 is 1.39 bits per heavy atom. The Morgan fingerprint density at radius 2 is 2.28 bits per heavy atom. The van der Waals surface area contributed by atoms with Gasteiger partial charge in [0, 0.05) is 13.0 Å². The molecule has 0 saturated carbocycles. The normalized spacial score (nSPS) is 22.0. The van der Waals surface area contributed by atoms with E-state index in [1.54, 1.807) is 0 Å². The average Bonchev–Trinajstić information content (AvgIpc) is 2.88. The van der Waals surface area contributed by atoms with Crippen LogP contribution in [0.5, 0.6) is 0 Å². The lowest BCUT2D eigenvalue weighted by Gasteiger charge is -2.21. The van der Waals surface area contributed by atoms with Crippen molar-refractivity contribution in [1.82, 2.24) is 15.5 Å². The zero-order valence-electron chi connectivity index (χ0n) is 11.3. The molecule has 1 aliphatic heterocycles. The Kier molecular flexibility index (Phi) is 5.13. The van der Waals surface area contributed by atoms with Crippen LogP contribution in [0.3, 0.4) is 0 Å². The summed E-state index contributed by atoms with van der Waals surface area (Å²) < 4.78 is 11.4. The highest BCUT2D eigenvalue weighted by Crippen LogP contribution is 2.19. The van der Waals surface area contributed by atoms with Crippen molar-refractivity contribution in [1.29, 1.82) is 0 Å². The number of ether oxygens (including phenoxy) is 1. The molecular weight excluding hydrogens is 230 g/mol. The molecule has 5 heteroatoms. The van der Waals surface area contributed by atoms with Crippen LogP contribution in [0.25, 0.3) is 0 Å². The molecule has 0 spiro atoms. The van der Waals surface area contributed by atoms with Gasteiger partial charge in [-0.25, -0.2) is 0 Å². The second kappa shape index (κ2) is 6.85. The van der Waals surface area contributed by atoms with E-state index in [0.717, 1.165) is 38.2 Å². The molecule has 2 heterocycles. The minimum Gasteiger partial charge on any atom is -0.424 e. The van der Waals surface area contributed by atoms with Crippen molar-refractivity contribution in [2.45, 2.75) is 57.6 Å². The zero-order chi connectivity index (χ0) is 12.8. The van der Waals surface area contributed by atoms with E-state index in [2.05, 4.69) is 22.4 Å². The number of hydrogen-bond donors (Lipinski definition) is 1. The maximum atomic E-state index is 5.69. The third-order valence-electron chi connectivity index (χ3n) is 3.49. The second-order valence-corrected chi connectivity index (χ2v) is 4.81. The molecule has 1 aliphatic rings. The molecule has 0 amide bonds. The van der Waals surface area contributed by atoms with Gasteiger partial charge in [-0.05, 0) is 39.2 Å². The van der Waals surface area contributed by atoms with Gasteiger partial charge in [0.1, 0.15) is 0 Å². The molecule has 0 aromatic carbocycles. The van der Waals surface area contributed by atoms with Crippen LogP contribution in [0.4, 0.5) is 0 Å². The number of nitrogens with one attached hydrogen (secondary N) is 1. The Morgan fingerprint density at radius 3 is 2.94 bits per heavy atom. The van der Waals surface area contributed by atoms with E-state index in [1.807, 2.05) is 7.05 Å². The number of rotatable bonds is 6. The van der Waals surface area contributed by atoms with Crippen molar-refractivity contribution in [3.8, 4) is 0 Å². The van der Waals surface area contributed by atoms with E-state index >= 15 is 0 Å². The quantitative estimate of drug-likeness (QED) is 0.842. The van der Waals surface area contributed by atoms with Crippen molar-refractivity contribution in [2.24, 2.45) is 0 Å². The highest BCUT2D eigenvalue weighted by Gasteiger charge is 2.17. The van der Waals surface area contributed by atoms with E-state index in [-0.39, 0.29) is 6.04 Å². The summed E-state index contributed by atoms with van der Waals surface area (Å²) in [6, 6.07) is 0.164. The Bertz CT molecular complexity index is 344. The fourth-order valence-electron chi connectivity index (χ4n) is 2.33. The van der Waals surface area contributed by atoms with Gasteiger partial charge in [0.15, 0.2) is 0 Å². The van der Waals surface area contributed by atoms with Gasteiger partial charge in [0.25, 0.3) is 0 Å². The van der Waals surface area contributed by atoms with E-state index in [4.69, 9.17) is 9.15 Å². The van der Waals surface area contributed by atoms with Crippen molar-refractivity contribution in [2.75, 3.05) is 13.7 Å². The zero-order valence-corrected chi connectivity index (χ0v) is 11.3. The molecular formula is C13H23N3O2. The van der Waals surface area contributed by atoms with E-state index < -0.39 is 0 Å². The summed E-state index contributed by atoms with van der Waals surface area (Å²) in [7, 11) is 1.91. The first-order valence-electron chi connectivity index (χ1n) is 6.94. The Labute approximate surface area is 108 Å². The molecule has 0 bridgehead atoms. The smallest absolute Gasteiger partial charge is 0.233 e. The summed E-state index contributed by atoms with van der Waals surface area (Å²) in [5, 5.41) is 11.4. The van der Waals surface area contributed by atoms with Crippen LogP contribution in [0.2, 0.25) is 0 Å². The lowest BCUT2D eigenvalue weighted by atomic mass is 10.0. The summed E-state index contributed by atoms with van der Waals surface area (Å²) >= 11 is 0. The number of aromatic nitrogens is 2. The van der Waals surface area contributed by atoms with Crippen LogP contribution >= 0.6 is 0 Å². The van der Waals surface area contributed by atoms with E-state index in [0.29, 0.717) is 12.0 Å². The van der Waals surface area contributed by atoms with Crippen molar-refractivity contribution < 1.29 is 9.15 Å². The lowest BCUT2D eigenvalue weighted by molar-refractivity contribution is 0.0105. The topological polar surface area (TPSA) is 60.2 Å². The van der Waals surface area contributed by atoms with Gasteiger partial charge in [-0.3, -0.25) is 0 Å². The largest absolute Gasteiger partial charge is 0.424 e. The highest BCUT2D eigenvalue weighted by atomic mass is 16.5. The minimum absolute atomic E-state index is 0.164. The maximum absolute atomic E-state index is 5.69. The Balaban J connectivity index is 1.82. The number of aryl methyl sites for hydroxylation is 1. The summed E-state index contributed by atoms with van der Waals surface area (Å²) in [4.78, 5) is 0. The fraction of sp³-hybridized carbons (Fsp3) is 0.846. The first-order valence-corrected chi connectivity index (χ1v) is 6.94. The summed E-state index contributed by atoms with van der Waals surface area (Å²) in [5.41, 5.74) is 0. The molecule has 1 N–H and O–H groups in total. The van der Waals surface area contributed by atoms with E-state index in [1.165, 1.54) is 12.8 Å². The van der Waals surface area contributed by atoms with Gasteiger partial charge in [-0.2, -0.15) is 0 Å². The molecule has 18 heavy (non-hydrogen) atoms. The van der Waals surface area contributed by atoms with Crippen LogP contribution in [-0.2, 0) is 11.2 Å². The summed E-state index contributed by atoms with van der Waals surface area (Å²) in [5.74, 6) is 1.42. The van der Waals surface area contributed by atoms with Crippen molar-refractivity contribution in [3.63, 3.8) is 0 Å². The van der Waals surface area contributed by atoms with Gasteiger partial charge in [0.05, 0.1) is 12.1 Å². The molecule has 1 saturated heterocycles. The minimum atomic E-state index is 0.164. The first-order chi connectivity index (χ1) is 8.83. The highest BCUT2D eigenvalue weighted by molar-refractivity contribution is 4.89. The molecule has 2 rings (SSSR count).